The molecule has 8 heteroatoms. The van der Waals surface area contributed by atoms with Crippen molar-refractivity contribution < 1.29 is 9.21 Å². The van der Waals surface area contributed by atoms with Crippen molar-refractivity contribution in [2.75, 3.05) is 23.7 Å². The molecule has 0 aliphatic rings. The van der Waals surface area contributed by atoms with Crippen molar-refractivity contribution in [2.45, 2.75) is 0 Å². The summed E-state index contributed by atoms with van der Waals surface area (Å²) >= 11 is 0. The molecule has 122 valence electrons. The van der Waals surface area contributed by atoms with Gasteiger partial charge in [0.2, 0.25) is 0 Å². The average molecular weight is 324 g/mol. The lowest BCUT2D eigenvalue weighted by Crippen LogP contribution is -2.28. The monoisotopic (exact) mass is 324 g/mol. The van der Waals surface area contributed by atoms with Gasteiger partial charge in [0.05, 0.1) is 11.8 Å². The molecule has 3 rings (SSSR count). The molecule has 3 aromatic heterocycles. The summed E-state index contributed by atoms with van der Waals surface area (Å²) in [6.07, 6.45) is 6.02. The van der Waals surface area contributed by atoms with E-state index in [1.807, 2.05) is 18.2 Å². The van der Waals surface area contributed by atoms with Gasteiger partial charge in [-0.05, 0) is 18.2 Å². The summed E-state index contributed by atoms with van der Waals surface area (Å²) in [5, 5.41) is 8.99. The number of anilines is 3. The van der Waals surface area contributed by atoms with E-state index < -0.39 is 0 Å². The molecule has 0 unspecified atom stereocenters. The fourth-order valence-electron chi connectivity index (χ4n) is 1.95. The molecular weight excluding hydrogens is 308 g/mol. The lowest BCUT2D eigenvalue weighted by atomic mass is 10.3. The maximum atomic E-state index is 11.7. The van der Waals surface area contributed by atoms with Crippen molar-refractivity contribution in [1.29, 1.82) is 0 Å². The SMILES string of the molecule is O=C(NCCNc1cc(Nc2ccccn2)ncn1)c1ccoc1. The number of aromatic nitrogens is 3. The number of hydrogen-bond donors (Lipinski definition) is 3. The van der Waals surface area contributed by atoms with Gasteiger partial charge in [-0.15, -0.1) is 0 Å². The fraction of sp³-hybridized carbons (Fsp3) is 0.125. The Bertz CT molecular complexity index is 776. The van der Waals surface area contributed by atoms with E-state index in [0.29, 0.717) is 36.1 Å². The van der Waals surface area contributed by atoms with Crippen LogP contribution in [0.2, 0.25) is 0 Å². The maximum Gasteiger partial charge on any atom is 0.254 e. The van der Waals surface area contributed by atoms with Crippen LogP contribution in [-0.4, -0.2) is 33.9 Å². The molecule has 0 saturated carbocycles. The first kappa shape index (κ1) is 15.5. The molecule has 8 nitrogen and oxygen atoms in total. The van der Waals surface area contributed by atoms with Crippen LogP contribution in [0, 0.1) is 0 Å². The van der Waals surface area contributed by atoms with E-state index in [2.05, 4.69) is 30.9 Å². The van der Waals surface area contributed by atoms with Crippen LogP contribution < -0.4 is 16.0 Å². The van der Waals surface area contributed by atoms with Gasteiger partial charge in [0.25, 0.3) is 5.91 Å². The van der Waals surface area contributed by atoms with E-state index in [1.54, 1.807) is 18.3 Å². The molecule has 3 heterocycles. The average Bonchev–Trinajstić information content (AvgIpc) is 3.15. The molecule has 1 amide bonds. The second-order valence-corrected chi connectivity index (χ2v) is 4.82. The van der Waals surface area contributed by atoms with Crippen molar-refractivity contribution >= 4 is 23.4 Å². The van der Waals surface area contributed by atoms with Gasteiger partial charge in [-0.3, -0.25) is 4.79 Å². The molecule has 0 atom stereocenters. The molecule has 24 heavy (non-hydrogen) atoms. The Labute approximate surface area is 138 Å². The molecule has 0 aliphatic carbocycles. The van der Waals surface area contributed by atoms with E-state index in [1.165, 1.54) is 18.9 Å². The standard InChI is InChI=1S/C16H16N6O2/c23-16(12-4-8-24-10-12)19-7-6-18-14-9-15(21-11-20-14)22-13-3-1-2-5-17-13/h1-5,8-11H,6-7H2,(H,19,23)(H2,17,18,20,21,22). The summed E-state index contributed by atoms with van der Waals surface area (Å²) in [5.41, 5.74) is 0.499. The number of hydrogen-bond acceptors (Lipinski definition) is 7. The highest BCUT2D eigenvalue weighted by Crippen LogP contribution is 2.13. The fourth-order valence-corrected chi connectivity index (χ4v) is 1.95. The van der Waals surface area contributed by atoms with Crippen molar-refractivity contribution in [3.05, 3.63) is 60.9 Å². The van der Waals surface area contributed by atoms with E-state index in [4.69, 9.17) is 4.42 Å². The minimum absolute atomic E-state index is 0.175. The van der Waals surface area contributed by atoms with Gasteiger partial charge in [0, 0.05) is 25.4 Å². The molecule has 3 aromatic rings. The Morgan fingerprint density at radius 2 is 1.96 bits per heavy atom. The first-order valence-corrected chi connectivity index (χ1v) is 7.35. The molecule has 3 N–H and O–H groups in total. The van der Waals surface area contributed by atoms with Crippen LogP contribution in [0.15, 0.2) is 59.8 Å². The van der Waals surface area contributed by atoms with Crippen molar-refractivity contribution in [1.82, 2.24) is 20.3 Å². The molecular formula is C16H16N6O2. The molecule has 0 fully saturated rings. The van der Waals surface area contributed by atoms with Crippen LogP contribution >= 0.6 is 0 Å². The Morgan fingerprint density at radius 3 is 2.75 bits per heavy atom. The number of nitrogens with one attached hydrogen (secondary N) is 3. The van der Waals surface area contributed by atoms with Gasteiger partial charge in [0.1, 0.15) is 30.0 Å². The van der Waals surface area contributed by atoms with Crippen LogP contribution in [0.4, 0.5) is 17.5 Å². The highest BCUT2D eigenvalue weighted by atomic mass is 16.3. The topological polar surface area (TPSA) is 105 Å². The smallest absolute Gasteiger partial charge is 0.254 e. The van der Waals surface area contributed by atoms with Gasteiger partial charge in [-0.25, -0.2) is 15.0 Å². The maximum absolute atomic E-state index is 11.7. The van der Waals surface area contributed by atoms with Crippen LogP contribution in [0.1, 0.15) is 10.4 Å². The quantitative estimate of drug-likeness (QED) is 0.571. The third-order valence-corrected chi connectivity index (χ3v) is 3.09. The Balaban J connectivity index is 1.47. The van der Waals surface area contributed by atoms with Gasteiger partial charge < -0.3 is 20.4 Å². The number of carbonyl (C=O) groups is 1. The summed E-state index contributed by atoms with van der Waals surface area (Å²) in [7, 11) is 0. The summed E-state index contributed by atoms with van der Waals surface area (Å²) < 4.78 is 4.87. The lowest BCUT2D eigenvalue weighted by Gasteiger charge is -2.08. The second-order valence-electron chi connectivity index (χ2n) is 4.82. The van der Waals surface area contributed by atoms with Gasteiger partial charge in [-0.1, -0.05) is 6.07 Å². The van der Waals surface area contributed by atoms with Gasteiger partial charge >= 0.3 is 0 Å². The molecule has 0 aliphatic heterocycles. The van der Waals surface area contributed by atoms with Crippen LogP contribution in [0.3, 0.4) is 0 Å². The predicted molar refractivity (Wildman–Crippen MR) is 89.1 cm³/mol. The number of rotatable bonds is 7. The number of carbonyl (C=O) groups excluding carboxylic acids is 1. The zero-order valence-electron chi connectivity index (χ0n) is 12.8. The number of pyridine rings is 1. The molecule has 0 saturated heterocycles. The first-order valence-electron chi connectivity index (χ1n) is 7.35. The zero-order chi connectivity index (χ0) is 16.6. The second kappa shape index (κ2) is 7.73. The third-order valence-electron chi connectivity index (χ3n) is 3.09. The van der Waals surface area contributed by atoms with Gasteiger partial charge in [0.15, 0.2) is 0 Å². The molecule has 0 bridgehead atoms. The molecule has 0 aromatic carbocycles. The minimum atomic E-state index is -0.175. The van der Waals surface area contributed by atoms with E-state index in [0.717, 1.165) is 0 Å². The summed E-state index contributed by atoms with van der Waals surface area (Å²) in [6, 6.07) is 8.96. The number of nitrogens with zero attached hydrogens (tertiary/aromatic N) is 3. The molecule has 0 radical (unpaired) electrons. The largest absolute Gasteiger partial charge is 0.472 e. The summed E-state index contributed by atoms with van der Waals surface area (Å²) in [5.74, 6) is 1.81. The van der Waals surface area contributed by atoms with Crippen molar-refractivity contribution in [3.63, 3.8) is 0 Å². The first-order chi connectivity index (χ1) is 11.8. The highest BCUT2D eigenvalue weighted by molar-refractivity contribution is 5.93. The van der Waals surface area contributed by atoms with Crippen molar-refractivity contribution in [2.24, 2.45) is 0 Å². The predicted octanol–water partition coefficient (Wildman–Crippen LogP) is 2.05. The van der Waals surface area contributed by atoms with Gasteiger partial charge in [-0.2, -0.15) is 0 Å². The van der Waals surface area contributed by atoms with Crippen LogP contribution in [0.25, 0.3) is 0 Å². The van der Waals surface area contributed by atoms with Crippen LogP contribution in [-0.2, 0) is 0 Å². The van der Waals surface area contributed by atoms with E-state index >= 15 is 0 Å². The normalized spacial score (nSPS) is 10.2. The lowest BCUT2D eigenvalue weighted by molar-refractivity contribution is 0.0954. The highest BCUT2D eigenvalue weighted by Gasteiger charge is 2.05. The number of amides is 1. The summed E-state index contributed by atoms with van der Waals surface area (Å²) in [6.45, 7) is 0.987. The van der Waals surface area contributed by atoms with Crippen LogP contribution in [0.5, 0.6) is 0 Å². The van der Waals surface area contributed by atoms with E-state index in [-0.39, 0.29) is 5.91 Å². The number of furan rings is 1. The summed E-state index contributed by atoms with van der Waals surface area (Å²) in [4.78, 5) is 24.2. The minimum Gasteiger partial charge on any atom is -0.472 e. The van der Waals surface area contributed by atoms with Crippen molar-refractivity contribution in [3.8, 4) is 0 Å². The zero-order valence-corrected chi connectivity index (χ0v) is 12.8. The Morgan fingerprint density at radius 1 is 1.04 bits per heavy atom. The van der Waals surface area contributed by atoms with E-state index in [9.17, 15) is 4.79 Å². The molecule has 0 spiro atoms. The Hall–Kier alpha value is -3.42. The Kier molecular flexibility index (Phi) is 4.98. The third kappa shape index (κ3) is 4.29.